The first-order chi connectivity index (χ1) is 7.23. The van der Waals surface area contributed by atoms with Crippen LogP contribution in [-0.4, -0.2) is 62.2 Å². The fraction of sp³-hybridized carbons (Fsp3) is 0.571. The van der Waals surface area contributed by atoms with Crippen molar-refractivity contribution < 1.29 is 39.9 Å². The molecule has 0 saturated heterocycles. The maximum atomic E-state index is 9.77. The Morgan fingerprint density at radius 2 is 1.25 bits per heavy atom. The van der Waals surface area contributed by atoms with Crippen LogP contribution in [0.4, 0.5) is 0 Å². The third kappa shape index (κ3) is 8.87. The van der Waals surface area contributed by atoms with E-state index in [0.29, 0.717) is 0 Å². The summed E-state index contributed by atoms with van der Waals surface area (Å²) < 4.78 is 0. The van der Waals surface area contributed by atoms with Crippen LogP contribution in [0.2, 0.25) is 0 Å². The van der Waals surface area contributed by atoms with Gasteiger partial charge in [0.25, 0.3) is 0 Å². The first-order valence-electron chi connectivity index (χ1n) is 3.97. The molecule has 0 saturated carbocycles. The van der Waals surface area contributed by atoms with E-state index in [1.165, 1.54) is 0 Å². The number of rotatable bonds is 5. The number of aliphatic carboxylic acids is 3. The highest BCUT2D eigenvalue weighted by atomic mass is 16.4. The second kappa shape index (κ2) is 8.59. The van der Waals surface area contributed by atoms with Crippen molar-refractivity contribution >= 4 is 17.9 Å². The van der Waals surface area contributed by atoms with Gasteiger partial charge in [-0.25, -0.2) is 9.59 Å². The number of hydrogen-bond donors (Lipinski definition) is 6. The van der Waals surface area contributed by atoms with E-state index in [-0.39, 0.29) is 13.0 Å². The average Bonchev–Trinajstić information content (AvgIpc) is 2.15. The zero-order valence-corrected chi connectivity index (χ0v) is 8.11. The Balaban J connectivity index is 0. The molecule has 0 aromatic heterocycles. The van der Waals surface area contributed by atoms with Gasteiger partial charge in [-0.1, -0.05) is 0 Å². The van der Waals surface area contributed by atoms with Gasteiger partial charge < -0.3 is 31.3 Å². The lowest BCUT2D eigenvalue weighted by Gasteiger charge is -2.07. The van der Waals surface area contributed by atoms with Crippen molar-refractivity contribution in [3.8, 4) is 0 Å². The first-order valence-corrected chi connectivity index (χ1v) is 3.97. The van der Waals surface area contributed by atoms with Crippen molar-refractivity contribution in [2.45, 2.75) is 18.6 Å². The largest absolute Gasteiger partial charge is 0.481 e. The molecular weight excluding hydrogens is 226 g/mol. The third-order valence-corrected chi connectivity index (χ3v) is 1.16. The number of nitrogens with two attached hydrogens (primary N) is 1. The minimum atomic E-state index is -2.27. The van der Waals surface area contributed by atoms with Gasteiger partial charge in [-0.3, -0.25) is 4.79 Å². The molecule has 0 aliphatic heterocycles. The number of carboxylic acid groups (broad SMARTS) is 3. The Labute approximate surface area is 89.7 Å². The number of carbonyl (C=O) groups is 3. The molecule has 9 heteroatoms. The summed E-state index contributed by atoms with van der Waals surface area (Å²) >= 11 is 0. The molecule has 0 bridgehead atoms. The number of aliphatic hydroxyl groups is 2. The van der Waals surface area contributed by atoms with Crippen LogP contribution in [0.5, 0.6) is 0 Å². The Bertz CT molecular complexity index is 235. The number of hydrogen-bond acceptors (Lipinski definition) is 6. The Hall–Kier alpha value is -1.71. The molecule has 2 unspecified atom stereocenters. The fourth-order valence-corrected chi connectivity index (χ4v) is 0.394. The van der Waals surface area contributed by atoms with E-state index in [4.69, 9.17) is 31.3 Å². The van der Waals surface area contributed by atoms with Crippen molar-refractivity contribution in [2.75, 3.05) is 6.54 Å². The van der Waals surface area contributed by atoms with Crippen molar-refractivity contribution in [2.24, 2.45) is 5.73 Å². The van der Waals surface area contributed by atoms with Crippen LogP contribution in [0.3, 0.4) is 0 Å². The van der Waals surface area contributed by atoms with Crippen LogP contribution in [0, 0.1) is 0 Å². The molecule has 0 fully saturated rings. The third-order valence-electron chi connectivity index (χ3n) is 1.16. The van der Waals surface area contributed by atoms with Crippen LogP contribution in [0.25, 0.3) is 0 Å². The monoisotopic (exact) mass is 239 g/mol. The minimum Gasteiger partial charge on any atom is -0.481 e. The quantitative estimate of drug-likeness (QED) is 0.297. The molecule has 0 radical (unpaired) electrons. The first kappa shape index (κ1) is 16.7. The van der Waals surface area contributed by atoms with Gasteiger partial charge >= 0.3 is 17.9 Å². The van der Waals surface area contributed by atoms with E-state index in [0.717, 1.165) is 0 Å². The Morgan fingerprint density at radius 3 is 1.31 bits per heavy atom. The summed E-state index contributed by atoms with van der Waals surface area (Å²) in [5, 5.41) is 40.4. The molecule has 0 rings (SSSR count). The zero-order valence-electron chi connectivity index (χ0n) is 8.11. The molecule has 0 heterocycles. The molecule has 16 heavy (non-hydrogen) atoms. The van der Waals surface area contributed by atoms with Gasteiger partial charge in [0.1, 0.15) is 0 Å². The molecule has 0 aliphatic carbocycles. The molecule has 0 aliphatic rings. The second-order valence-corrected chi connectivity index (χ2v) is 2.50. The number of carboxylic acids is 3. The summed E-state index contributed by atoms with van der Waals surface area (Å²) in [6.45, 7) is 0.231. The summed E-state index contributed by atoms with van der Waals surface area (Å²) in [5.41, 5.74) is 4.85. The molecule has 0 aromatic carbocycles. The predicted octanol–water partition coefficient (Wildman–Crippen LogP) is -2.70. The molecule has 94 valence electrons. The maximum absolute atomic E-state index is 9.77. The second-order valence-electron chi connectivity index (χ2n) is 2.50. The highest BCUT2D eigenvalue weighted by Gasteiger charge is 2.29. The van der Waals surface area contributed by atoms with Crippen molar-refractivity contribution in [1.82, 2.24) is 0 Å². The number of aliphatic hydroxyl groups excluding tert-OH is 2. The summed E-state index contributed by atoms with van der Waals surface area (Å²) in [6.07, 6.45) is -4.46. The molecule has 0 amide bonds. The Morgan fingerprint density at radius 1 is 0.938 bits per heavy atom. The minimum absolute atomic E-state index is 0.0694. The van der Waals surface area contributed by atoms with Gasteiger partial charge in [0, 0.05) is 6.54 Å². The van der Waals surface area contributed by atoms with Gasteiger partial charge in [-0.05, 0) is 0 Å². The van der Waals surface area contributed by atoms with Gasteiger partial charge in [0.2, 0.25) is 0 Å². The molecule has 2 atom stereocenters. The summed E-state index contributed by atoms with van der Waals surface area (Å²) in [7, 11) is 0. The van der Waals surface area contributed by atoms with Crippen LogP contribution >= 0.6 is 0 Å². The van der Waals surface area contributed by atoms with Crippen LogP contribution in [0.1, 0.15) is 6.42 Å². The van der Waals surface area contributed by atoms with Crippen molar-refractivity contribution in [3.05, 3.63) is 0 Å². The summed E-state index contributed by atoms with van der Waals surface area (Å²) in [5.74, 6) is -4.37. The van der Waals surface area contributed by atoms with E-state index >= 15 is 0 Å². The topological polar surface area (TPSA) is 178 Å². The van der Waals surface area contributed by atoms with Gasteiger partial charge in [0.05, 0.1) is 6.42 Å². The van der Waals surface area contributed by atoms with Crippen LogP contribution in [0.15, 0.2) is 0 Å². The average molecular weight is 239 g/mol. The molecular formula is C7H13NO8. The molecule has 9 nitrogen and oxygen atoms in total. The SMILES string of the molecule is NCCC(=O)O.O=C(O)C(O)C(O)C(=O)O. The van der Waals surface area contributed by atoms with Crippen LogP contribution in [-0.2, 0) is 14.4 Å². The van der Waals surface area contributed by atoms with Crippen LogP contribution < -0.4 is 5.73 Å². The van der Waals surface area contributed by atoms with Gasteiger partial charge in [0.15, 0.2) is 12.2 Å². The predicted molar refractivity (Wildman–Crippen MR) is 48.6 cm³/mol. The molecule has 0 spiro atoms. The highest BCUT2D eigenvalue weighted by molar-refractivity contribution is 5.83. The van der Waals surface area contributed by atoms with Crippen molar-refractivity contribution in [1.29, 1.82) is 0 Å². The molecule has 7 N–H and O–H groups in total. The van der Waals surface area contributed by atoms with E-state index in [1.807, 2.05) is 0 Å². The zero-order chi connectivity index (χ0) is 13.3. The summed E-state index contributed by atoms with van der Waals surface area (Å²) in [4.78, 5) is 29.1. The maximum Gasteiger partial charge on any atom is 0.335 e. The van der Waals surface area contributed by atoms with E-state index in [2.05, 4.69) is 0 Å². The fourth-order valence-electron chi connectivity index (χ4n) is 0.394. The lowest BCUT2D eigenvalue weighted by molar-refractivity contribution is -0.165. The highest BCUT2D eigenvalue weighted by Crippen LogP contribution is 1.92. The standard InChI is InChI=1S/C4H6O6.C3H7NO2/c5-1(3(7)8)2(6)4(9)10;4-2-1-3(5)6/h1-2,5-6H,(H,7,8)(H,9,10);1-2,4H2,(H,5,6). The Kier molecular flexibility index (Phi) is 8.97. The normalized spacial score (nSPS) is 12.9. The lowest BCUT2D eigenvalue weighted by atomic mass is 10.2. The van der Waals surface area contributed by atoms with E-state index < -0.39 is 30.1 Å². The smallest absolute Gasteiger partial charge is 0.335 e. The van der Waals surface area contributed by atoms with Gasteiger partial charge in [-0.15, -0.1) is 0 Å². The molecule has 0 aromatic rings. The van der Waals surface area contributed by atoms with Gasteiger partial charge in [-0.2, -0.15) is 0 Å². The van der Waals surface area contributed by atoms with E-state index in [1.54, 1.807) is 0 Å². The van der Waals surface area contributed by atoms with Crippen molar-refractivity contribution in [3.63, 3.8) is 0 Å². The lowest BCUT2D eigenvalue weighted by Crippen LogP contribution is -2.39. The summed E-state index contributed by atoms with van der Waals surface area (Å²) in [6, 6.07) is 0. The van der Waals surface area contributed by atoms with E-state index in [9.17, 15) is 14.4 Å².